The van der Waals surface area contributed by atoms with Gasteiger partial charge in [0, 0.05) is 18.8 Å². The lowest BCUT2D eigenvalue weighted by atomic mass is 9.44. The van der Waals surface area contributed by atoms with E-state index in [4.69, 9.17) is 9.47 Å². The molecule has 4 saturated carbocycles. The van der Waals surface area contributed by atoms with E-state index in [2.05, 4.69) is 20.8 Å². The van der Waals surface area contributed by atoms with Crippen LogP contribution in [0.25, 0.3) is 0 Å². The van der Waals surface area contributed by atoms with E-state index in [1.807, 2.05) is 0 Å². The van der Waals surface area contributed by atoms with Gasteiger partial charge in [-0.1, -0.05) is 20.8 Å². The highest BCUT2D eigenvalue weighted by Crippen LogP contribution is 2.68. The van der Waals surface area contributed by atoms with Gasteiger partial charge in [-0.15, -0.1) is 0 Å². The quantitative estimate of drug-likeness (QED) is 0.501. The average Bonchev–Trinajstić information content (AvgIpc) is 3.33. The summed E-state index contributed by atoms with van der Waals surface area (Å²) < 4.78 is 10.8. The standard InChI is InChI=1S/C25H38O4/c1-14(5-8-22(27)28-4)16-6-7-17-23-18(9-10-24(16,17)2)25(3)13-21-20(29-21)12-15(25)11-19(23)26/h14-18,20-21,23H,5-13H2,1-4H3/t14-,15-,16-,17+,18+,20-,21+,23+,24-,25+/m1/s1. The SMILES string of the molecule is COC(=O)CC[C@@H](C)[C@H]1CC[C@H]2[C@@H]3C(=O)C[C@@H]4C[C@H]5O[C@H]5C[C@]4(C)[C@H]3CC[C@]12C. The molecule has 0 radical (unpaired) electrons. The fourth-order valence-corrected chi connectivity index (χ4v) is 8.82. The molecule has 0 aromatic rings. The van der Waals surface area contributed by atoms with Crippen LogP contribution in [0.3, 0.4) is 0 Å². The predicted octanol–water partition coefficient (Wildman–Crippen LogP) is 4.79. The van der Waals surface area contributed by atoms with Gasteiger partial charge < -0.3 is 9.47 Å². The number of hydrogen-bond acceptors (Lipinski definition) is 4. The minimum atomic E-state index is -0.0976. The summed E-state index contributed by atoms with van der Waals surface area (Å²) in [4.78, 5) is 25.1. The smallest absolute Gasteiger partial charge is 0.305 e. The number of fused-ring (bicyclic) bond motifs is 6. The van der Waals surface area contributed by atoms with Gasteiger partial charge in [0.2, 0.25) is 0 Å². The maximum Gasteiger partial charge on any atom is 0.305 e. The second-order valence-electron chi connectivity index (χ2n) is 11.6. The normalized spacial score (nSPS) is 51.3. The molecule has 0 aromatic carbocycles. The molecule has 0 unspecified atom stereocenters. The Morgan fingerprint density at radius 1 is 1.17 bits per heavy atom. The monoisotopic (exact) mass is 402 g/mol. The van der Waals surface area contributed by atoms with Crippen LogP contribution in [0.15, 0.2) is 0 Å². The summed E-state index contributed by atoms with van der Waals surface area (Å²) in [6.07, 6.45) is 10.3. The molecule has 5 rings (SSSR count). The van der Waals surface area contributed by atoms with Crippen molar-refractivity contribution in [3.8, 4) is 0 Å². The zero-order valence-corrected chi connectivity index (χ0v) is 18.6. The van der Waals surface area contributed by atoms with Crippen LogP contribution in [0.1, 0.15) is 78.6 Å². The van der Waals surface area contributed by atoms with Crippen molar-refractivity contribution in [3.05, 3.63) is 0 Å². The van der Waals surface area contributed by atoms with Crippen molar-refractivity contribution in [3.63, 3.8) is 0 Å². The molecule has 5 fully saturated rings. The Hall–Kier alpha value is -0.900. The number of ether oxygens (including phenoxy) is 2. The first-order valence-electron chi connectivity index (χ1n) is 12.0. The van der Waals surface area contributed by atoms with Crippen molar-refractivity contribution < 1.29 is 19.1 Å². The van der Waals surface area contributed by atoms with Crippen LogP contribution in [0.2, 0.25) is 0 Å². The number of epoxide rings is 1. The van der Waals surface area contributed by atoms with Gasteiger partial charge in [0.1, 0.15) is 5.78 Å². The molecule has 0 spiro atoms. The first-order chi connectivity index (χ1) is 13.8. The molecule has 4 heteroatoms. The van der Waals surface area contributed by atoms with E-state index in [0.29, 0.717) is 59.4 Å². The molecule has 1 aliphatic heterocycles. The van der Waals surface area contributed by atoms with Crippen LogP contribution in [0.4, 0.5) is 0 Å². The molecule has 10 atom stereocenters. The number of esters is 1. The topological polar surface area (TPSA) is 55.9 Å². The molecular weight excluding hydrogens is 364 g/mol. The van der Waals surface area contributed by atoms with Gasteiger partial charge in [-0.25, -0.2) is 0 Å². The third-order valence-corrected chi connectivity index (χ3v) is 10.5. The summed E-state index contributed by atoms with van der Waals surface area (Å²) in [5.41, 5.74) is 0.551. The zero-order valence-electron chi connectivity index (χ0n) is 18.6. The highest BCUT2D eigenvalue weighted by molar-refractivity contribution is 5.83. The summed E-state index contributed by atoms with van der Waals surface area (Å²) >= 11 is 0. The van der Waals surface area contributed by atoms with Gasteiger partial charge in [-0.05, 0) is 85.4 Å². The molecule has 162 valence electrons. The number of carbonyl (C=O) groups is 2. The molecule has 0 N–H and O–H groups in total. The number of rotatable bonds is 4. The largest absolute Gasteiger partial charge is 0.469 e. The van der Waals surface area contributed by atoms with Gasteiger partial charge in [-0.3, -0.25) is 9.59 Å². The van der Waals surface area contributed by atoms with E-state index in [0.717, 1.165) is 19.3 Å². The van der Waals surface area contributed by atoms with Crippen LogP contribution in [-0.4, -0.2) is 31.1 Å². The third-order valence-electron chi connectivity index (χ3n) is 10.5. The summed E-state index contributed by atoms with van der Waals surface area (Å²) in [6, 6.07) is 0. The van der Waals surface area contributed by atoms with E-state index < -0.39 is 0 Å². The van der Waals surface area contributed by atoms with E-state index >= 15 is 0 Å². The molecule has 29 heavy (non-hydrogen) atoms. The van der Waals surface area contributed by atoms with Gasteiger partial charge >= 0.3 is 5.97 Å². The van der Waals surface area contributed by atoms with Gasteiger partial charge in [-0.2, -0.15) is 0 Å². The molecule has 4 nitrogen and oxygen atoms in total. The molecule has 5 aliphatic rings. The Kier molecular flexibility index (Phi) is 4.70. The van der Waals surface area contributed by atoms with Crippen molar-refractivity contribution >= 4 is 11.8 Å². The van der Waals surface area contributed by atoms with Crippen LogP contribution < -0.4 is 0 Å². The summed E-state index contributed by atoms with van der Waals surface area (Å²) in [5, 5.41) is 0. The first kappa shape index (κ1) is 20.0. The maximum atomic E-state index is 13.5. The lowest BCUT2D eigenvalue weighted by Crippen LogP contribution is -2.57. The summed E-state index contributed by atoms with van der Waals surface area (Å²) in [6.45, 7) is 7.29. The Balaban J connectivity index is 1.36. The highest BCUT2D eigenvalue weighted by atomic mass is 16.6. The molecule has 1 saturated heterocycles. The summed E-state index contributed by atoms with van der Waals surface area (Å²) in [7, 11) is 1.48. The van der Waals surface area contributed by atoms with Gasteiger partial charge in [0.05, 0.1) is 19.3 Å². The zero-order chi connectivity index (χ0) is 20.6. The van der Waals surface area contributed by atoms with E-state index in [9.17, 15) is 9.59 Å². The first-order valence-corrected chi connectivity index (χ1v) is 12.0. The Bertz CT molecular complexity index is 703. The predicted molar refractivity (Wildman–Crippen MR) is 110 cm³/mol. The van der Waals surface area contributed by atoms with Crippen molar-refractivity contribution in [2.24, 2.45) is 46.3 Å². The number of ketones is 1. The van der Waals surface area contributed by atoms with E-state index in [-0.39, 0.29) is 17.3 Å². The molecule has 1 heterocycles. The average molecular weight is 403 g/mol. The van der Waals surface area contributed by atoms with Crippen LogP contribution in [0, 0.1) is 46.3 Å². The second-order valence-corrected chi connectivity index (χ2v) is 11.6. The van der Waals surface area contributed by atoms with Gasteiger partial charge in [0.25, 0.3) is 0 Å². The summed E-state index contributed by atoms with van der Waals surface area (Å²) in [5.74, 6) is 3.51. The van der Waals surface area contributed by atoms with E-state index in [1.165, 1.54) is 39.2 Å². The Morgan fingerprint density at radius 2 is 1.93 bits per heavy atom. The fraction of sp³-hybridized carbons (Fsp3) is 0.920. The van der Waals surface area contributed by atoms with Crippen molar-refractivity contribution in [2.45, 2.75) is 90.8 Å². The van der Waals surface area contributed by atoms with Crippen LogP contribution in [-0.2, 0) is 19.1 Å². The lowest BCUT2D eigenvalue weighted by Gasteiger charge is -2.59. The van der Waals surface area contributed by atoms with Crippen LogP contribution in [0.5, 0.6) is 0 Å². The van der Waals surface area contributed by atoms with Crippen molar-refractivity contribution in [2.75, 3.05) is 7.11 Å². The lowest BCUT2D eigenvalue weighted by molar-refractivity contribution is -0.155. The van der Waals surface area contributed by atoms with Gasteiger partial charge in [0.15, 0.2) is 0 Å². The van der Waals surface area contributed by atoms with Crippen molar-refractivity contribution in [1.82, 2.24) is 0 Å². The number of carbonyl (C=O) groups excluding carboxylic acids is 2. The van der Waals surface area contributed by atoms with E-state index in [1.54, 1.807) is 0 Å². The molecule has 0 aromatic heterocycles. The number of methoxy groups -OCH3 is 1. The minimum Gasteiger partial charge on any atom is -0.469 e. The Morgan fingerprint density at radius 3 is 2.69 bits per heavy atom. The molecule has 0 amide bonds. The highest BCUT2D eigenvalue weighted by Gasteiger charge is 2.65. The fourth-order valence-electron chi connectivity index (χ4n) is 8.82. The maximum absolute atomic E-state index is 13.5. The minimum absolute atomic E-state index is 0.0976. The molecular formula is C25H38O4. The number of Topliss-reactive ketones (excluding diaryl/α,β-unsaturated/α-hetero) is 1. The molecule has 4 aliphatic carbocycles. The van der Waals surface area contributed by atoms with Crippen molar-refractivity contribution in [1.29, 1.82) is 0 Å². The third kappa shape index (κ3) is 2.95. The Labute approximate surface area is 175 Å². The molecule has 0 bridgehead atoms. The second kappa shape index (κ2) is 6.80. The number of hydrogen-bond donors (Lipinski definition) is 0. The van der Waals surface area contributed by atoms with Crippen LogP contribution >= 0.6 is 0 Å².